The molecule has 1 nitrogen and oxygen atoms in total. The van der Waals surface area contributed by atoms with Crippen LogP contribution in [0.5, 0.6) is 0 Å². The standard InChI is InChI=1S/C7H5NS/c8-5-6-2-1-3-7(9)4-6/h1-4,9H. The minimum atomic E-state index is 0.655. The minimum absolute atomic E-state index is 0.655. The smallest absolute Gasteiger partial charge is 0.0992 e. The third kappa shape index (κ3) is 1.48. The molecule has 0 atom stereocenters. The molecular weight excluding hydrogens is 130 g/mol. The van der Waals surface area contributed by atoms with Crippen LogP contribution in [-0.4, -0.2) is 0 Å². The second kappa shape index (κ2) is 2.56. The zero-order valence-electron chi connectivity index (χ0n) is 4.70. The zero-order valence-corrected chi connectivity index (χ0v) is 5.60. The van der Waals surface area contributed by atoms with Crippen LogP contribution in [0.4, 0.5) is 0 Å². The van der Waals surface area contributed by atoms with E-state index in [0.29, 0.717) is 5.56 Å². The average Bonchev–Trinajstić information content (AvgIpc) is 1.88. The maximum atomic E-state index is 8.38. The highest BCUT2D eigenvalue weighted by Gasteiger charge is 1.86. The second-order valence-electron chi connectivity index (χ2n) is 1.66. The first kappa shape index (κ1) is 6.18. The van der Waals surface area contributed by atoms with Gasteiger partial charge in [-0.2, -0.15) is 5.26 Å². The van der Waals surface area contributed by atoms with E-state index in [1.54, 1.807) is 18.2 Å². The molecule has 2 heteroatoms. The molecule has 0 spiro atoms. The van der Waals surface area contributed by atoms with Crippen molar-refractivity contribution in [3.63, 3.8) is 0 Å². The summed E-state index contributed by atoms with van der Waals surface area (Å²) >= 11 is 4.06. The number of nitrogens with zero attached hydrogens (tertiary/aromatic N) is 1. The summed E-state index contributed by atoms with van der Waals surface area (Å²) in [6, 6.07) is 9.14. The molecule has 0 aliphatic rings. The first-order valence-corrected chi connectivity index (χ1v) is 2.97. The maximum Gasteiger partial charge on any atom is 0.0992 e. The molecule has 0 bridgehead atoms. The molecular formula is C7H5NS. The van der Waals surface area contributed by atoms with Gasteiger partial charge in [-0.05, 0) is 18.2 Å². The summed E-state index contributed by atoms with van der Waals surface area (Å²) in [5.74, 6) is 0. The number of hydrogen-bond acceptors (Lipinski definition) is 2. The van der Waals surface area contributed by atoms with Gasteiger partial charge in [-0.15, -0.1) is 12.6 Å². The van der Waals surface area contributed by atoms with Crippen LogP contribution in [0.15, 0.2) is 29.2 Å². The van der Waals surface area contributed by atoms with Gasteiger partial charge in [-0.25, -0.2) is 0 Å². The molecule has 0 fully saturated rings. The van der Waals surface area contributed by atoms with Crippen LogP contribution in [0.1, 0.15) is 5.56 Å². The van der Waals surface area contributed by atoms with Crippen LogP contribution in [0.2, 0.25) is 0 Å². The van der Waals surface area contributed by atoms with Gasteiger partial charge in [0.1, 0.15) is 0 Å². The lowest BCUT2D eigenvalue weighted by molar-refractivity contribution is 1.41. The molecule has 0 unspecified atom stereocenters. The van der Waals surface area contributed by atoms with E-state index in [-0.39, 0.29) is 0 Å². The molecule has 0 saturated heterocycles. The van der Waals surface area contributed by atoms with E-state index in [9.17, 15) is 0 Å². The van der Waals surface area contributed by atoms with E-state index in [1.807, 2.05) is 12.1 Å². The lowest BCUT2D eigenvalue weighted by Crippen LogP contribution is -1.70. The normalized spacial score (nSPS) is 8.44. The Morgan fingerprint density at radius 2 is 2.22 bits per heavy atom. The highest BCUT2D eigenvalue weighted by molar-refractivity contribution is 7.80. The van der Waals surface area contributed by atoms with Crippen LogP contribution < -0.4 is 0 Å². The molecule has 0 saturated carbocycles. The van der Waals surface area contributed by atoms with E-state index in [2.05, 4.69) is 12.6 Å². The molecule has 0 radical (unpaired) electrons. The summed E-state index contributed by atoms with van der Waals surface area (Å²) in [5.41, 5.74) is 0.655. The minimum Gasteiger partial charge on any atom is -0.192 e. The summed E-state index contributed by atoms with van der Waals surface area (Å²) in [6.45, 7) is 0. The van der Waals surface area contributed by atoms with Crippen LogP contribution in [0.3, 0.4) is 0 Å². The van der Waals surface area contributed by atoms with Gasteiger partial charge in [0, 0.05) is 4.90 Å². The number of thiol groups is 1. The van der Waals surface area contributed by atoms with Crippen molar-refractivity contribution in [2.45, 2.75) is 4.90 Å². The molecule has 1 aromatic carbocycles. The van der Waals surface area contributed by atoms with Gasteiger partial charge >= 0.3 is 0 Å². The summed E-state index contributed by atoms with van der Waals surface area (Å²) in [6.07, 6.45) is 0. The lowest BCUT2D eigenvalue weighted by atomic mass is 10.2. The number of benzene rings is 1. The summed E-state index contributed by atoms with van der Waals surface area (Å²) in [4.78, 5) is 0.828. The van der Waals surface area contributed by atoms with E-state index in [4.69, 9.17) is 5.26 Å². The van der Waals surface area contributed by atoms with Crippen molar-refractivity contribution < 1.29 is 0 Å². The molecule has 0 N–H and O–H groups in total. The Kier molecular flexibility index (Phi) is 1.76. The Labute approximate surface area is 59.3 Å². The fourth-order valence-corrected chi connectivity index (χ4v) is 0.801. The quantitative estimate of drug-likeness (QED) is 0.539. The Balaban J connectivity index is 3.12. The average molecular weight is 135 g/mol. The number of hydrogen-bond donors (Lipinski definition) is 1. The molecule has 0 aliphatic heterocycles. The Morgan fingerprint density at radius 1 is 1.44 bits per heavy atom. The van der Waals surface area contributed by atoms with Gasteiger partial charge in [0.25, 0.3) is 0 Å². The first-order chi connectivity index (χ1) is 4.33. The zero-order chi connectivity index (χ0) is 6.69. The van der Waals surface area contributed by atoms with E-state index < -0.39 is 0 Å². The number of rotatable bonds is 0. The third-order valence-corrected chi connectivity index (χ3v) is 1.25. The Morgan fingerprint density at radius 3 is 2.67 bits per heavy atom. The van der Waals surface area contributed by atoms with Crippen LogP contribution in [-0.2, 0) is 0 Å². The molecule has 44 valence electrons. The predicted octanol–water partition coefficient (Wildman–Crippen LogP) is 1.85. The fourth-order valence-electron chi connectivity index (χ4n) is 0.575. The van der Waals surface area contributed by atoms with Gasteiger partial charge in [0.2, 0.25) is 0 Å². The first-order valence-electron chi connectivity index (χ1n) is 2.52. The van der Waals surface area contributed by atoms with Crippen LogP contribution in [0.25, 0.3) is 0 Å². The van der Waals surface area contributed by atoms with Gasteiger partial charge in [-0.3, -0.25) is 0 Å². The number of nitriles is 1. The topological polar surface area (TPSA) is 23.8 Å². The molecule has 1 rings (SSSR count). The van der Waals surface area contributed by atoms with Crippen molar-refractivity contribution in [3.05, 3.63) is 29.8 Å². The summed E-state index contributed by atoms with van der Waals surface area (Å²) in [5, 5.41) is 8.38. The summed E-state index contributed by atoms with van der Waals surface area (Å²) in [7, 11) is 0. The predicted molar refractivity (Wildman–Crippen MR) is 38.4 cm³/mol. The molecule has 0 heterocycles. The van der Waals surface area contributed by atoms with Gasteiger partial charge in [0.05, 0.1) is 11.6 Å². The fraction of sp³-hybridized carbons (Fsp3) is 0. The van der Waals surface area contributed by atoms with Gasteiger partial charge < -0.3 is 0 Å². The van der Waals surface area contributed by atoms with Crippen molar-refractivity contribution in [2.75, 3.05) is 0 Å². The SMILES string of the molecule is N#Cc1cccc(S)c1. The van der Waals surface area contributed by atoms with E-state index in [0.717, 1.165) is 4.90 Å². The van der Waals surface area contributed by atoms with E-state index >= 15 is 0 Å². The third-order valence-electron chi connectivity index (χ3n) is 0.975. The highest BCUT2D eigenvalue weighted by atomic mass is 32.1. The second-order valence-corrected chi connectivity index (χ2v) is 2.18. The Hall–Kier alpha value is -0.940. The van der Waals surface area contributed by atoms with Crippen molar-refractivity contribution in [3.8, 4) is 6.07 Å². The van der Waals surface area contributed by atoms with Gasteiger partial charge in [0.15, 0.2) is 0 Å². The van der Waals surface area contributed by atoms with Crippen molar-refractivity contribution in [1.29, 1.82) is 5.26 Å². The van der Waals surface area contributed by atoms with E-state index in [1.165, 1.54) is 0 Å². The Bertz CT molecular complexity index is 249. The lowest BCUT2D eigenvalue weighted by Gasteiger charge is -1.87. The highest BCUT2D eigenvalue weighted by Crippen LogP contribution is 2.06. The van der Waals surface area contributed by atoms with Crippen LogP contribution in [0, 0.1) is 11.3 Å². The van der Waals surface area contributed by atoms with Gasteiger partial charge in [-0.1, -0.05) is 6.07 Å². The van der Waals surface area contributed by atoms with Crippen molar-refractivity contribution >= 4 is 12.6 Å². The maximum absolute atomic E-state index is 8.38. The monoisotopic (exact) mass is 135 g/mol. The van der Waals surface area contributed by atoms with Crippen LogP contribution >= 0.6 is 12.6 Å². The largest absolute Gasteiger partial charge is 0.192 e. The molecule has 0 aliphatic carbocycles. The van der Waals surface area contributed by atoms with Crippen molar-refractivity contribution in [2.24, 2.45) is 0 Å². The molecule has 0 amide bonds. The molecule has 0 aromatic heterocycles. The summed E-state index contributed by atoms with van der Waals surface area (Å²) < 4.78 is 0. The van der Waals surface area contributed by atoms with Crippen molar-refractivity contribution in [1.82, 2.24) is 0 Å². The molecule has 9 heavy (non-hydrogen) atoms. The molecule has 1 aromatic rings.